The van der Waals surface area contributed by atoms with Crippen LogP contribution < -0.4 is 0 Å². The third-order valence-electron chi connectivity index (χ3n) is 3.85. The second-order valence-electron chi connectivity index (χ2n) is 5.63. The highest BCUT2D eigenvalue weighted by molar-refractivity contribution is 5.80. The zero-order chi connectivity index (χ0) is 15.0. The normalized spacial score (nSPS) is 11.2. The van der Waals surface area contributed by atoms with Crippen molar-refractivity contribution in [2.75, 3.05) is 0 Å². The molecule has 0 aliphatic heterocycles. The van der Waals surface area contributed by atoms with Gasteiger partial charge in [0, 0.05) is 11.4 Å². The molecule has 0 amide bonds. The van der Waals surface area contributed by atoms with Crippen molar-refractivity contribution in [1.82, 2.24) is 14.5 Å². The summed E-state index contributed by atoms with van der Waals surface area (Å²) >= 11 is 0. The van der Waals surface area contributed by atoms with E-state index in [0.717, 1.165) is 34.7 Å². The molecular formula is C18H21N3. The Kier molecular flexibility index (Phi) is 3.50. The predicted octanol–water partition coefficient (Wildman–Crippen LogP) is 4.30. The molecule has 0 saturated carbocycles. The van der Waals surface area contributed by atoms with Crippen LogP contribution >= 0.6 is 0 Å². The van der Waals surface area contributed by atoms with Gasteiger partial charge in [-0.3, -0.25) is 9.55 Å². The maximum atomic E-state index is 4.69. The molecule has 2 aromatic heterocycles. The van der Waals surface area contributed by atoms with E-state index in [-0.39, 0.29) is 0 Å². The summed E-state index contributed by atoms with van der Waals surface area (Å²) in [6.07, 6.45) is 2.31. The average Bonchev–Trinajstić information content (AvgIpc) is 2.77. The zero-order valence-corrected chi connectivity index (χ0v) is 13.1. The van der Waals surface area contributed by atoms with Gasteiger partial charge in [0.1, 0.15) is 11.3 Å². The topological polar surface area (TPSA) is 30.7 Å². The number of hydrogen-bond acceptors (Lipinski definition) is 2. The van der Waals surface area contributed by atoms with E-state index in [1.165, 1.54) is 17.7 Å². The summed E-state index contributed by atoms with van der Waals surface area (Å²) in [5.41, 5.74) is 6.71. The van der Waals surface area contributed by atoms with Gasteiger partial charge < -0.3 is 0 Å². The Hall–Kier alpha value is -2.16. The first kappa shape index (κ1) is 13.8. The Morgan fingerprint density at radius 2 is 1.71 bits per heavy atom. The van der Waals surface area contributed by atoms with E-state index >= 15 is 0 Å². The highest BCUT2D eigenvalue weighted by Crippen LogP contribution is 2.24. The summed E-state index contributed by atoms with van der Waals surface area (Å²) < 4.78 is 2.22. The molecule has 108 valence electrons. The monoisotopic (exact) mass is 279 g/mol. The van der Waals surface area contributed by atoms with Gasteiger partial charge in [-0.1, -0.05) is 25.5 Å². The highest BCUT2D eigenvalue weighted by Gasteiger charge is 2.12. The van der Waals surface area contributed by atoms with Crippen LogP contribution in [0.25, 0.3) is 16.7 Å². The van der Waals surface area contributed by atoms with Gasteiger partial charge in [0.2, 0.25) is 0 Å². The van der Waals surface area contributed by atoms with Gasteiger partial charge in [-0.15, -0.1) is 0 Å². The second-order valence-corrected chi connectivity index (χ2v) is 5.63. The van der Waals surface area contributed by atoms with E-state index in [4.69, 9.17) is 0 Å². The van der Waals surface area contributed by atoms with Gasteiger partial charge in [-0.05, 0) is 51.0 Å². The molecule has 3 rings (SSSR count). The van der Waals surface area contributed by atoms with Gasteiger partial charge in [-0.25, -0.2) is 4.98 Å². The third kappa shape index (κ3) is 2.44. The molecule has 3 heteroatoms. The molecule has 0 aliphatic rings. The van der Waals surface area contributed by atoms with Crippen molar-refractivity contribution in [3.05, 3.63) is 53.1 Å². The van der Waals surface area contributed by atoms with E-state index in [0.29, 0.717) is 0 Å². The fourth-order valence-electron chi connectivity index (χ4n) is 2.92. The fraction of sp³-hybridized carbons (Fsp3) is 0.333. The Balaban J connectivity index is 2.17. The van der Waals surface area contributed by atoms with E-state index in [2.05, 4.69) is 58.7 Å². The summed E-state index contributed by atoms with van der Waals surface area (Å²) in [7, 11) is 0. The van der Waals surface area contributed by atoms with Crippen LogP contribution in [0.15, 0.2) is 30.3 Å². The number of hydrogen-bond donors (Lipinski definition) is 0. The van der Waals surface area contributed by atoms with Crippen molar-refractivity contribution in [2.45, 2.75) is 40.5 Å². The molecule has 3 aromatic rings. The number of rotatable bonds is 3. The lowest BCUT2D eigenvalue weighted by Gasteiger charge is -2.09. The number of benzene rings is 1. The van der Waals surface area contributed by atoms with Crippen LogP contribution in [0.1, 0.15) is 36.1 Å². The first-order chi connectivity index (χ1) is 10.1. The predicted molar refractivity (Wildman–Crippen MR) is 87.1 cm³/mol. The first-order valence-corrected chi connectivity index (χ1v) is 7.52. The fourth-order valence-corrected chi connectivity index (χ4v) is 2.92. The molecule has 0 fully saturated rings. The van der Waals surface area contributed by atoms with Crippen molar-refractivity contribution in [3.8, 4) is 5.69 Å². The number of fused-ring (bicyclic) bond motifs is 1. The van der Waals surface area contributed by atoms with Crippen molar-refractivity contribution in [2.24, 2.45) is 0 Å². The highest BCUT2D eigenvalue weighted by atomic mass is 15.1. The summed E-state index contributed by atoms with van der Waals surface area (Å²) in [5, 5.41) is 0. The molecule has 0 spiro atoms. The first-order valence-electron chi connectivity index (χ1n) is 7.52. The largest absolute Gasteiger partial charge is 0.296 e. The van der Waals surface area contributed by atoms with Crippen LogP contribution in [0.5, 0.6) is 0 Å². The quantitative estimate of drug-likeness (QED) is 0.715. The maximum Gasteiger partial charge on any atom is 0.111 e. The Labute approximate surface area is 125 Å². The van der Waals surface area contributed by atoms with Gasteiger partial charge >= 0.3 is 0 Å². The van der Waals surface area contributed by atoms with Crippen molar-refractivity contribution in [3.63, 3.8) is 0 Å². The Morgan fingerprint density at radius 3 is 2.38 bits per heavy atom. The van der Waals surface area contributed by atoms with E-state index in [1.54, 1.807) is 0 Å². The molecule has 0 aliphatic carbocycles. The average molecular weight is 279 g/mol. The molecule has 0 bridgehead atoms. The molecule has 0 saturated heterocycles. The van der Waals surface area contributed by atoms with Crippen LogP contribution in [0.4, 0.5) is 0 Å². The molecule has 0 atom stereocenters. The molecule has 3 nitrogen and oxygen atoms in total. The van der Waals surface area contributed by atoms with Crippen LogP contribution in [0.2, 0.25) is 0 Å². The van der Waals surface area contributed by atoms with Gasteiger partial charge in [0.25, 0.3) is 0 Å². The lowest BCUT2D eigenvalue weighted by molar-refractivity contribution is 0.918. The molecule has 1 aromatic carbocycles. The molecular weight excluding hydrogens is 258 g/mol. The number of nitrogens with zero attached hydrogens (tertiary/aromatic N) is 3. The third-order valence-corrected chi connectivity index (χ3v) is 3.85. The zero-order valence-electron chi connectivity index (χ0n) is 13.1. The van der Waals surface area contributed by atoms with E-state index in [1.807, 2.05) is 13.8 Å². The number of aryl methyl sites for hydroxylation is 4. The molecule has 0 N–H and O–H groups in total. The summed E-state index contributed by atoms with van der Waals surface area (Å²) in [5.74, 6) is 1.00. The van der Waals surface area contributed by atoms with Crippen molar-refractivity contribution < 1.29 is 0 Å². The molecule has 21 heavy (non-hydrogen) atoms. The van der Waals surface area contributed by atoms with E-state index in [9.17, 15) is 0 Å². The Bertz CT molecular complexity index is 782. The van der Waals surface area contributed by atoms with Gasteiger partial charge in [-0.2, -0.15) is 0 Å². The SMILES string of the molecule is CCCc1ccc(-n2c(C)nc3c(C)nc(C)cc32)cc1. The standard InChI is InChI=1S/C18H21N3/c1-5-6-15-7-9-16(10-8-15)21-14(4)20-18-13(3)19-12(2)11-17(18)21/h7-11H,5-6H2,1-4H3. The molecule has 0 unspecified atom stereocenters. The van der Waals surface area contributed by atoms with Gasteiger partial charge in [0.15, 0.2) is 0 Å². The minimum Gasteiger partial charge on any atom is -0.296 e. The number of pyridine rings is 1. The summed E-state index contributed by atoms with van der Waals surface area (Å²) in [6.45, 7) is 8.31. The Morgan fingerprint density at radius 1 is 1.00 bits per heavy atom. The van der Waals surface area contributed by atoms with Crippen LogP contribution in [0.3, 0.4) is 0 Å². The van der Waals surface area contributed by atoms with E-state index < -0.39 is 0 Å². The minimum absolute atomic E-state index is 0.995. The lowest BCUT2D eigenvalue weighted by atomic mass is 10.1. The smallest absolute Gasteiger partial charge is 0.111 e. The molecule has 0 radical (unpaired) electrons. The number of aromatic nitrogens is 3. The van der Waals surface area contributed by atoms with Crippen LogP contribution in [0, 0.1) is 20.8 Å². The summed E-state index contributed by atoms with van der Waals surface area (Å²) in [4.78, 5) is 9.20. The second kappa shape index (κ2) is 5.32. The minimum atomic E-state index is 0.995. The van der Waals surface area contributed by atoms with Crippen LogP contribution in [-0.2, 0) is 6.42 Å². The molecule has 2 heterocycles. The van der Waals surface area contributed by atoms with Gasteiger partial charge in [0.05, 0.1) is 11.2 Å². The summed E-state index contributed by atoms with van der Waals surface area (Å²) in [6, 6.07) is 10.9. The van der Waals surface area contributed by atoms with Crippen LogP contribution in [-0.4, -0.2) is 14.5 Å². The number of imidazole rings is 1. The lowest BCUT2D eigenvalue weighted by Crippen LogP contribution is -1.98. The maximum absolute atomic E-state index is 4.69. The van der Waals surface area contributed by atoms with Crippen molar-refractivity contribution in [1.29, 1.82) is 0 Å². The van der Waals surface area contributed by atoms with Crippen molar-refractivity contribution >= 4 is 11.0 Å².